The van der Waals surface area contributed by atoms with Gasteiger partial charge in [-0.15, -0.1) is 11.8 Å². The molecule has 0 unspecified atom stereocenters. The lowest BCUT2D eigenvalue weighted by atomic mass is 10.2. The van der Waals surface area contributed by atoms with Crippen LogP contribution in [-0.2, 0) is 11.3 Å². The fourth-order valence-electron chi connectivity index (χ4n) is 2.61. The molecule has 23 heavy (non-hydrogen) atoms. The van der Waals surface area contributed by atoms with Crippen LogP contribution in [0, 0.1) is 0 Å². The topological polar surface area (TPSA) is 45.2 Å². The summed E-state index contributed by atoms with van der Waals surface area (Å²) in [5, 5.41) is 2.98. The summed E-state index contributed by atoms with van der Waals surface area (Å²) in [6.45, 7) is 2.71. The summed E-state index contributed by atoms with van der Waals surface area (Å²) in [7, 11) is 0. The van der Waals surface area contributed by atoms with Crippen LogP contribution in [0.3, 0.4) is 0 Å². The van der Waals surface area contributed by atoms with Crippen molar-refractivity contribution in [3.63, 3.8) is 0 Å². The monoisotopic (exact) mass is 327 g/mol. The number of hydrogen-bond acceptors (Lipinski definition) is 4. The Hall–Kier alpha value is -2.01. The summed E-state index contributed by atoms with van der Waals surface area (Å²) in [6.07, 6.45) is 4.30. The number of aromatic nitrogens is 1. The highest BCUT2D eigenvalue weighted by Crippen LogP contribution is 2.19. The lowest BCUT2D eigenvalue weighted by molar-refractivity contribution is -0.118. The fraction of sp³-hybridized carbons (Fsp3) is 0.333. The normalized spacial score (nSPS) is 14.0. The number of nitrogens with one attached hydrogen (secondary N) is 1. The summed E-state index contributed by atoms with van der Waals surface area (Å²) in [5.74, 6) is 1.51. The van der Waals surface area contributed by atoms with Gasteiger partial charge in [0.2, 0.25) is 5.91 Å². The quantitative estimate of drug-likeness (QED) is 0.828. The van der Waals surface area contributed by atoms with Crippen LogP contribution in [0.4, 0.5) is 5.82 Å². The van der Waals surface area contributed by atoms with Gasteiger partial charge in [-0.2, -0.15) is 0 Å². The molecule has 1 N–H and O–H groups in total. The number of thioether (sulfide) groups is 1. The Morgan fingerprint density at radius 2 is 1.96 bits per heavy atom. The summed E-state index contributed by atoms with van der Waals surface area (Å²) in [4.78, 5) is 19.8. The largest absolute Gasteiger partial charge is 0.357 e. The number of rotatable bonds is 6. The van der Waals surface area contributed by atoms with E-state index < -0.39 is 0 Å². The number of anilines is 1. The maximum atomic E-state index is 12.0. The first-order chi connectivity index (χ1) is 11.3. The predicted octanol–water partition coefficient (Wildman–Crippen LogP) is 3.09. The summed E-state index contributed by atoms with van der Waals surface area (Å²) in [6, 6.07) is 14.0. The maximum absolute atomic E-state index is 12.0. The molecule has 2 heterocycles. The van der Waals surface area contributed by atoms with Crippen LogP contribution < -0.4 is 10.2 Å². The van der Waals surface area contributed by atoms with Crippen molar-refractivity contribution in [1.82, 2.24) is 10.3 Å². The molecule has 0 atom stereocenters. The van der Waals surface area contributed by atoms with Gasteiger partial charge in [0.15, 0.2) is 0 Å². The van der Waals surface area contributed by atoms with Crippen LogP contribution in [0.2, 0.25) is 0 Å². The second-order valence-electron chi connectivity index (χ2n) is 5.59. The number of amides is 1. The summed E-state index contributed by atoms with van der Waals surface area (Å²) >= 11 is 1.55. The van der Waals surface area contributed by atoms with Crippen molar-refractivity contribution in [2.75, 3.05) is 23.7 Å². The zero-order valence-electron chi connectivity index (χ0n) is 13.1. The molecule has 0 aliphatic carbocycles. The summed E-state index contributed by atoms with van der Waals surface area (Å²) in [5.41, 5.74) is 1.10. The third kappa shape index (κ3) is 4.73. The first-order valence-electron chi connectivity index (χ1n) is 7.96. The number of pyridine rings is 1. The smallest absolute Gasteiger partial charge is 0.230 e. The van der Waals surface area contributed by atoms with Crippen molar-refractivity contribution >= 4 is 23.5 Å². The van der Waals surface area contributed by atoms with Crippen LogP contribution in [0.5, 0.6) is 0 Å². The van der Waals surface area contributed by atoms with Gasteiger partial charge in [0.25, 0.3) is 0 Å². The zero-order valence-corrected chi connectivity index (χ0v) is 13.9. The SMILES string of the molecule is O=C(CSc1ccccc1)NCc1ccnc(N2CCCC2)c1. The maximum Gasteiger partial charge on any atom is 0.230 e. The average molecular weight is 327 g/mol. The number of carbonyl (C=O) groups is 1. The Kier molecular flexibility index (Phi) is 5.53. The van der Waals surface area contributed by atoms with Gasteiger partial charge >= 0.3 is 0 Å². The molecule has 5 heteroatoms. The molecule has 0 saturated carbocycles. The van der Waals surface area contributed by atoms with Gasteiger partial charge in [0, 0.05) is 30.7 Å². The van der Waals surface area contributed by atoms with Crippen LogP contribution in [0.15, 0.2) is 53.6 Å². The molecule has 1 saturated heterocycles. The van der Waals surface area contributed by atoms with Crippen LogP contribution in [0.25, 0.3) is 0 Å². The third-order valence-electron chi connectivity index (χ3n) is 3.84. The van der Waals surface area contributed by atoms with Crippen LogP contribution in [-0.4, -0.2) is 29.7 Å². The van der Waals surface area contributed by atoms with E-state index in [9.17, 15) is 4.79 Å². The minimum atomic E-state index is 0.0541. The van der Waals surface area contributed by atoms with Crippen molar-refractivity contribution in [2.45, 2.75) is 24.3 Å². The van der Waals surface area contributed by atoms with E-state index in [0.29, 0.717) is 12.3 Å². The molecular weight excluding hydrogens is 306 g/mol. The second-order valence-corrected chi connectivity index (χ2v) is 6.64. The minimum Gasteiger partial charge on any atom is -0.357 e. The molecule has 1 aliphatic heterocycles. The Morgan fingerprint density at radius 3 is 2.74 bits per heavy atom. The van der Waals surface area contributed by atoms with E-state index in [1.165, 1.54) is 12.8 Å². The number of benzene rings is 1. The zero-order chi connectivity index (χ0) is 15.9. The molecule has 0 spiro atoms. The van der Waals surface area contributed by atoms with Crippen molar-refractivity contribution in [2.24, 2.45) is 0 Å². The number of nitrogens with zero attached hydrogens (tertiary/aromatic N) is 2. The van der Waals surface area contributed by atoms with Crippen molar-refractivity contribution in [3.8, 4) is 0 Å². The van der Waals surface area contributed by atoms with E-state index >= 15 is 0 Å². The standard InChI is InChI=1S/C18H21N3OS/c22-18(14-23-16-6-2-1-3-7-16)20-13-15-8-9-19-17(12-15)21-10-4-5-11-21/h1-3,6-9,12H,4-5,10-11,13-14H2,(H,20,22). The molecule has 1 fully saturated rings. The van der Waals surface area contributed by atoms with Gasteiger partial charge in [-0.25, -0.2) is 4.98 Å². The molecule has 1 aromatic carbocycles. The number of hydrogen-bond donors (Lipinski definition) is 1. The Balaban J connectivity index is 1.48. The van der Waals surface area contributed by atoms with Crippen molar-refractivity contribution < 1.29 is 4.79 Å². The molecule has 1 amide bonds. The van der Waals surface area contributed by atoms with Gasteiger partial charge in [-0.3, -0.25) is 4.79 Å². The molecule has 0 radical (unpaired) electrons. The minimum absolute atomic E-state index is 0.0541. The highest BCUT2D eigenvalue weighted by molar-refractivity contribution is 8.00. The van der Waals surface area contributed by atoms with Crippen LogP contribution in [0.1, 0.15) is 18.4 Å². The van der Waals surface area contributed by atoms with E-state index in [4.69, 9.17) is 0 Å². The Morgan fingerprint density at radius 1 is 1.17 bits per heavy atom. The van der Waals surface area contributed by atoms with Crippen molar-refractivity contribution in [3.05, 3.63) is 54.2 Å². The average Bonchev–Trinajstić information content (AvgIpc) is 3.14. The molecular formula is C18H21N3OS. The second kappa shape index (κ2) is 8.02. The molecule has 120 valence electrons. The van der Waals surface area contributed by atoms with E-state index in [1.807, 2.05) is 42.6 Å². The van der Waals surface area contributed by atoms with E-state index in [1.54, 1.807) is 11.8 Å². The summed E-state index contributed by atoms with van der Waals surface area (Å²) < 4.78 is 0. The Labute approximate surface area is 141 Å². The van der Waals surface area contributed by atoms with Gasteiger partial charge in [-0.05, 0) is 42.7 Å². The Bertz CT molecular complexity index is 642. The highest BCUT2D eigenvalue weighted by Gasteiger charge is 2.13. The lowest BCUT2D eigenvalue weighted by Gasteiger charge is -2.17. The van der Waals surface area contributed by atoms with E-state index in [0.717, 1.165) is 29.4 Å². The molecule has 0 bridgehead atoms. The molecule has 1 aromatic heterocycles. The first-order valence-corrected chi connectivity index (χ1v) is 8.94. The van der Waals surface area contributed by atoms with Crippen LogP contribution >= 0.6 is 11.8 Å². The van der Waals surface area contributed by atoms with Gasteiger partial charge in [0.1, 0.15) is 5.82 Å². The molecule has 1 aliphatic rings. The molecule has 2 aromatic rings. The number of carbonyl (C=O) groups excluding carboxylic acids is 1. The molecule has 4 nitrogen and oxygen atoms in total. The third-order valence-corrected chi connectivity index (χ3v) is 4.85. The van der Waals surface area contributed by atoms with E-state index in [2.05, 4.69) is 21.3 Å². The van der Waals surface area contributed by atoms with Gasteiger partial charge in [0.05, 0.1) is 5.75 Å². The first kappa shape index (κ1) is 15.9. The van der Waals surface area contributed by atoms with Crippen molar-refractivity contribution in [1.29, 1.82) is 0 Å². The highest BCUT2D eigenvalue weighted by atomic mass is 32.2. The molecule has 3 rings (SSSR count). The van der Waals surface area contributed by atoms with E-state index in [-0.39, 0.29) is 5.91 Å². The fourth-order valence-corrected chi connectivity index (χ4v) is 3.36. The van der Waals surface area contributed by atoms with Gasteiger partial charge < -0.3 is 10.2 Å². The van der Waals surface area contributed by atoms with Gasteiger partial charge in [-0.1, -0.05) is 18.2 Å². The predicted molar refractivity (Wildman–Crippen MR) is 94.7 cm³/mol. The lowest BCUT2D eigenvalue weighted by Crippen LogP contribution is -2.25.